The molecule has 6 nitrogen and oxygen atoms in total. The minimum atomic E-state index is -4.49. The number of ether oxygens (including phenoxy) is 1. The number of amides is 2. The summed E-state index contributed by atoms with van der Waals surface area (Å²) in [6, 6.07) is 11.1. The zero-order valence-corrected chi connectivity index (χ0v) is 16.1. The first-order valence-electron chi connectivity index (χ1n) is 9.45. The van der Waals surface area contributed by atoms with Crippen molar-refractivity contribution in [2.75, 3.05) is 18.5 Å². The maximum Gasteiger partial charge on any atom is 0.416 e. The Morgan fingerprint density at radius 3 is 2.67 bits per heavy atom. The number of carbonyl (C=O) groups excluding carboxylic acids is 2. The van der Waals surface area contributed by atoms with E-state index in [1.807, 2.05) is 17.0 Å². The zero-order valence-electron chi connectivity index (χ0n) is 16.1. The second-order valence-corrected chi connectivity index (χ2v) is 7.05. The van der Waals surface area contributed by atoms with Crippen LogP contribution in [0.3, 0.4) is 0 Å². The van der Waals surface area contributed by atoms with Crippen LogP contribution in [0.5, 0.6) is 5.75 Å². The Labute approximate surface area is 171 Å². The van der Waals surface area contributed by atoms with Crippen molar-refractivity contribution in [1.29, 1.82) is 0 Å². The molecule has 1 aliphatic rings. The van der Waals surface area contributed by atoms with Gasteiger partial charge in [0.25, 0.3) is 5.91 Å². The maximum absolute atomic E-state index is 12.8. The van der Waals surface area contributed by atoms with E-state index in [2.05, 4.69) is 5.32 Å². The number of anilines is 1. The molecule has 160 valence electrons. The third-order valence-electron chi connectivity index (χ3n) is 4.89. The fraction of sp³-hybridized carbons (Fsp3) is 0.333. The number of benzene rings is 2. The fourth-order valence-electron chi connectivity index (χ4n) is 3.43. The van der Waals surface area contributed by atoms with Crippen LogP contribution in [0.15, 0.2) is 48.5 Å². The van der Waals surface area contributed by atoms with Crippen molar-refractivity contribution in [3.8, 4) is 5.75 Å². The van der Waals surface area contributed by atoms with Gasteiger partial charge in [-0.2, -0.15) is 13.2 Å². The van der Waals surface area contributed by atoms with Crippen molar-refractivity contribution in [1.82, 2.24) is 4.90 Å². The predicted molar refractivity (Wildman–Crippen MR) is 105 cm³/mol. The first-order chi connectivity index (χ1) is 14.2. The zero-order chi connectivity index (χ0) is 21.7. The molecular weight excluding hydrogens is 399 g/mol. The third kappa shape index (κ3) is 5.50. The molecule has 3 N–H and O–H groups in total. The minimum Gasteiger partial charge on any atom is -0.484 e. The normalized spacial score (nSPS) is 17.0. The summed E-state index contributed by atoms with van der Waals surface area (Å²) in [6.45, 7) is 0.732. The van der Waals surface area contributed by atoms with E-state index in [1.165, 1.54) is 12.1 Å². The van der Waals surface area contributed by atoms with Gasteiger partial charge in [-0.1, -0.05) is 24.3 Å². The van der Waals surface area contributed by atoms with Crippen molar-refractivity contribution in [2.45, 2.75) is 31.6 Å². The molecule has 0 saturated carbocycles. The molecule has 1 heterocycles. The van der Waals surface area contributed by atoms with E-state index in [-0.39, 0.29) is 17.7 Å². The van der Waals surface area contributed by atoms with E-state index in [0.717, 1.165) is 30.7 Å². The molecule has 1 atom stereocenters. The molecule has 30 heavy (non-hydrogen) atoms. The van der Waals surface area contributed by atoms with Crippen molar-refractivity contribution >= 4 is 17.5 Å². The van der Waals surface area contributed by atoms with Crippen LogP contribution in [0.1, 0.15) is 24.0 Å². The van der Waals surface area contributed by atoms with Crippen molar-refractivity contribution in [3.63, 3.8) is 0 Å². The van der Waals surface area contributed by atoms with Gasteiger partial charge in [0.15, 0.2) is 6.61 Å². The molecule has 1 saturated heterocycles. The highest BCUT2D eigenvalue weighted by Crippen LogP contribution is 2.31. The molecule has 0 spiro atoms. The molecular formula is C21H22F3N3O3. The molecule has 0 bridgehead atoms. The van der Waals surface area contributed by atoms with Crippen molar-refractivity contribution < 1.29 is 27.5 Å². The largest absolute Gasteiger partial charge is 0.484 e. The molecule has 0 radical (unpaired) electrons. The fourth-order valence-corrected chi connectivity index (χ4v) is 3.43. The second-order valence-electron chi connectivity index (χ2n) is 7.05. The highest BCUT2D eigenvalue weighted by molar-refractivity contribution is 5.92. The molecule has 0 aliphatic carbocycles. The van der Waals surface area contributed by atoms with Gasteiger partial charge in [0.1, 0.15) is 5.75 Å². The highest BCUT2D eigenvalue weighted by atomic mass is 19.4. The first kappa shape index (κ1) is 21.6. The van der Waals surface area contributed by atoms with Gasteiger partial charge in [0.05, 0.1) is 11.6 Å². The number of hydrogen-bond donors (Lipinski definition) is 2. The van der Waals surface area contributed by atoms with Gasteiger partial charge in [-0.15, -0.1) is 0 Å². The number of nitrogens with one attached hydrogen (secondary N) is 1. The van der Waals surface area contributed by atoms with Gasteiger partial charge in [-0.3, -0.25) is 14.5 Å². The SMILES string of the molecule is NC(=O)C1CCCN1Cc1ccccc1NC(=O)COc1cccc(C(F)(F)F)c1. The lowest BCUT2D eigenvalue weighted by molar-refractivity contribution is -0.137. The van der Waals surface area contributed by atoms with Gasteiger partial charge >= 0.3 is 6.18 Å². The summed E-state index contributed by atoms with van der Waals surface area (Å²) in [5, 5.41) is 2.71. The molecule has 3 rings (SSSR count). The smallest absolute Gasteiger partial charge is 0.416 e. The second kappa shape index (κ2) is 9.17. The lowest BCUT2D eigenvalue weighted by Crippen LogP contribution is -2.39. The van der Waals surface area contributed by atoms with Crippen LogP contribution in [0.2, 0.25) is 0 Å². The van der Waals surface area contributed by atoms with Crippen LogP contribution in [0.4, 0.5) is 18.9 Å². The Kier molecular flexibility index (Phi) is 6.61. The molecule has 0 aromatic heterocycles. The number of rotatable bonds is 7. The van der Waals surface area contributed by atoms with E-state index >= 15 is 0 Å². The van der Waals surface area contributed by atoms with E-state index in [1.54, 1.807) is 12.1 Å². The Morgan fingerprint density at radius 2 is 1.93 bits per heavy atom. The number of para-hydroxylation sites is 1. The molecule has 1 fully saturated rings. The topological polar surface area (TPSA) is 84.7 Å². The third-order valence-corrected chi connectivity index (χ3v) is 4.89. The van der Waals surface area contributed by atoms with E-state index in [4.69, 9.17) is 10.5 Å². The Morgan fingerprint density at radius 1 is 1.17 bits per heavy atom. The number of nitrogens with zero attached hydrogens (tertiary/aromatic N) is 1. The number of likely N-dealkylation sites (tertiary alicyclic amines) is 1. The number of halogens is 3. The average molecular weight is 421 g/mol. The number of hydrogen-bond acceptors (Lipinski definition) is 4. The Hall–Kier alpha value is -3.07. The number of carbonyl (C=O) groups is 2. The van der Waals surface area contributed by atoms with Crippen LogP contribution < -0.4 is 15.8 Å². The molecule has 2 aromatic carbocycles. The van der Waals surface area contributed by atoms with Gasteiger partial charge in [0.2, 0.25) is 5.91 Å². The molecule has 2 aromatic rings. The summed E-state index contributed by atoms with van der Waals surface area (Å²) in [6.07, 6.45) is -2.92. The number of primary amides is 1. The summed E-state index contributed by atoms with van der Waals surface area (Å²) in [5.74, 6) is -0.925. The Bertz CT molecular complexity index is 918. The summed E-state index contributed by atoms with van der Waals surface area (Å²) < 4.78 is 43.5. The number of alkyl halides is 3. The van der Waals surface area contributed by atoms with E-state index in [9.17, 15) is 22.8 Å². The monoisotopic (exact) mass is 421 g/mol. The van der Waals surface area contributed by atoms with E-state index in [0.29, 0.717) is 18.7 Å². The first-order valence-corrected chi connectivity index (χ1v) is 9.45. The maximum atomic E-state index is 12.8. The van der Waals surface area contributed by atoms with Crippen LogP contribution in [-0.2, 0) is 22.3 Å². The summed E-state index contributed by atoms with van der Waals surface area (Å²) >= 11 is 0. The Balaban J connectivity index is 1.62. The average Bonchev–Trinajstić information content (AvgIpc) is 3.16. The highest BCUT2D eigenvalue weighted by Gasteiger charge is 2.31. The molecule has 1 unspecified atom stereocenters. The van der Waals surface area contributed by atoms with Crippen LogP contribution in [0, 0.1) is 0 Å². The van der Waals surface area contributed by atoms with Crippen LogP contribution in [-0.4, -0.2) is 35.9 Å². The van der Waals surface area contributed by atoms with Gasteiger partial charge < -0.3 is 15.8 Å². The van der Waals surface area contributed by atoms with Gasteiger partial charge in [-0.05, 0) is 49.2 Å². The number of nitrogens with two attached hydrogens (primary N) is 1. The van der Waals surface area contributed by atoms with Gasteiger partial charge in [-0.25, -0.2) is 0 Å². The quantitative estimate of drug-likeness (QED) is 0.719. The molecule has 2 amide bonds. The van der Waals surface area contributed by atoms with Crippen molar-refractivity contribution in [3.05, 3.63) is 59.7 Å². The minimum absolute atomic E-state index is 0.0466. The lowest BCUT2D eigenvalue weighted by Gasteiger charge is -2.23. The van der Waals surface area contributed by atoms with E-state index < -0.39 is 24.3 Å². The van der Waals surface area contributed by atoms with Gasteiger partial charge in [0, 0.05) is 12.2 Å². The van der Waals surface area contributed by atoms with Crippen LogP contribution >= 0.6 is 0 Å². The lowest BCUT2D eigenvalue weighted by atomic mass is 10.1. The summed E-state index contributed by atoms with van der Waals surface area (Å²) in [7, 11) is 0. The summed E-state index contributed by atoms with van der Waals surface area (Å²) in [5.41, 5.74) is 5.96. The van der Waals surface area contributed by atoms with Crippen molar-refractivity contribution in [2.24, 2.45) is 5.73 Å². The standard InChI is InChI=1S/C21H22F3N3O3/c22-21(23,24)15-6-3-7-16(11-15)30-13-19(28)26-17-8-2-1-5-14(17)12-27-10-4-9-18(27)20(25)29/h1-3,5-8,11,18H,4,9-10,12-13H2,(H2,25,29)(H,26,28). The van der Waals surface area contributed by atoms with Crippen LogP contribution in [0.25, 0.3) is 0 Å². The molecule has 1 aliphatic heterocycles. The predicted octanol–water partition coefficient (Wildman–Crippen LogP) is 3.17. The molecule has 9 heteroatoms. The summed E-state index contributed by atoms with van der Waals surface area (Å²) in [4.78, 5) is 25.8.